The second-order valence-corrected chi connectivity index (χ2v) is 8.06. The molecule has 0 bridgehead atoms. The van der Waals surface area contributed by atoms with E-state index in [1.54, 1.807) is 30.6 Å². The van der Waals surface area contributed by atoms with Crippen LogP contribution in [0, 0.1) is 0 Å². The van der Waals surface area contributed by atoms with E-state index in [1.807, 2.05) is 0 Å². The van der Waals surface area contributed by atoms with E-state index in [9.17, 15) is 13.2 Å². The van der Waals surface area contributed by atoms with Crippen LogP contribution in [0.15, 0.2) is 30.6 Å². The molecule has 1 aromatic heterocycles. The molecule has 9 heteroatoms. The third kappa shape index (κ3) is 3.35. The topological polar surface area (TPSA) is 101 Å². The van der Waals surface area contributed by atoms with Gasteiger partial charge in [0, 0.05) is 24.3 Å². The van der Waals surface area contributed by atoms with Crippen LogP contribution in [0.25, 0.3) is 11.0 Å². The quantitative estimate of drug-likeness (QED) is 0.840. The maximum atomic E-state index is 12.7. The van der Waals surface area contributed by atoms with Crippen LogP contribution in [0.4, 0.5) is 5.69 Å². The Balaban J connectivity index is 0.00000208. The molecule has 24 heavy (non-hydrogen) atoms. The number of aromatic nitrogens is 2. The van der Waals surface area contributed by atoms with Gasteiger partial charge in [-0.1, -0.05) is 0 Å². The second kappa shape index (κ2) is 7.00. The number of amides is 1. The first-order valence-electron chi connectivity index (χ1n) is 7.35. The van der Waals surface area contributed by atoms with Crippen LogP contribution in [0.2, 0.25) is 0 Å². The summed E-state index contributed by atoms with van der Waals surface area (Å²) in [4.78, 5) is 21.1. The Morgan fingerprint density at radius 3 is 2.42 bits per heavy atom. The molecule has 1 aliphatic heterocycles. The molecular weight excluding hydrogens is 352 g/mol. The van der Waals surface area contributed by atoms with Gasteiger partial charge in [-0.05, 0) is 44.1 Å². The summed E-state index contributed by atoms with van der Waals surface area (Å²) < 4.78 is 23.1. The molecule has 0 saturated carbocycles. The Morgan fingerprint density at radius 1 is 1.17 bits per heavy atom. The van der Waals surface area contributed by atoms with Crippen LogP contribution < -0.4 is 10.6 Å². The number of nitrogens with zero attached hydrogens (tertiary/aromatic N) is 2. The number of rotatable bonds is 3. The van der Waals surface area contributed by atoms with Gasteiger partial charge in [0.05, 0.1) is 11.0 Å². The number of hydrogen-bond acceptors (Lipinski definition) is 6. The van der Waals surface area contributed by atoms with E-state index < -0.39 is 20.5 Å². The van der Waals surface area contributed by atoms with Crippen LogP contribution >= 0.6 is 12.4 Å². The van der Waals surface area contributed by atoms with Gasteiger partial charge in [-0.25, -0.2) is 8.42 Å². The van der Waals surface area contributed by atoms with Crippen molar-refractivity contribution in [3.63, 3.8) is 0 Å². The number of carbonyl (C=O) groups is 1. The Labute approximate surface area is 146 Å². The zero-order valence-electron chi connectivity index (χ0n) is 13.2. The summed E-state index contributed by atoms with van der Waals surface area (Å²) in [7, 11) is -3.53. The maximum absolute atomic E-state index is 12.7. The van der Waals surface area contributed by atoms with Gasteiger partial charge in [-0.3, -0.25) is 14.8 Å². The molecule has 2 N–H and O–H groups in total. The minimum absolute atomic E-state index is 0. The van der Waals surface area contributed by atoms with Crippen molar-refractivity contribution in [2.24, 2.45) is 0 Å². The highest BCUT2D eigenvalue weighted by atomic mass is 35.5. The van der Waals surface area contributed by atoms with Crippen molar-refractivity contribution >= 4 is 44.9 Å². The van der Waals surface area contributed by atoms with Crippen molar-refractivity contribution in [1.29, 1.82) is 0 Å². The summed E-state index contributed by atoms with van der Waals surface area (Å²) in [6, 6.07) is 5.14. The SMILES string of the molecule is CS(=O)(=O)C1(C(=O)Nc2ccc3nccnc3c2)CCNCC1.Cl. The molecule has 0 spiro atoms. The lowest BCUT2D eigenvalue weighted by Crippen LogP contribution is -2.55. The third-order valence-electron chi connectivity index (χ3n) is 4.26. The molecule has 1 aliphatic rings. The standard InChI is InChI=1S/C15H18N4O3S.ClH/c1-23(21,22)15(4-6-16-7-5-15)14(20)19-11-2-3-12-13(10-11)18-9-8-17-12;/h2-3,8-10,16H,4-7H2,1H3,(H,19,20);1H. The predicted molar refractivity (Wildman–Crippen MR) is 95.1 cm³/mol. The van der Waals surface area contributed by atoms with Crippen molar-refractivity contribution in [2.45, 2.75) is 17.6 Å². The number of anilines is 1. The van der Waals surface area contributed by atoms with Gasteiger partial charge >= 0.3 is 0 Å². The molecule has 2 aromatic rings. The van der Waals surface area contributed by atoms with Crippen molar-refractivity contribution in [2.75, 3.05) is 24.7 Å². The Bertz CT molecular complexity index is 851. The Hall–Kier alpha value is -1.77. The number of nitrogens with one attached hydrogen (secondary N) is 2. The first-order chi connectivity index (χ1) is 10.9. The van der Waals surface area contributed by atoms with Crippen molar-refractivity contribution in [1.82, 2.24) is 15.3 Å². The van der Waals surface area contributed by atoms with E-state index in [2.05, 4.69) is 20.6 Å². The van der Waals surface area contributed by atoms with Gasteiger partial charge in [-0.15, -0.1) is 12.4 Å². The van der Waals surface area contributed by atoms with Crippen molar-refractivity contribution in [3.05, 3.63) is 30.6 Å². The molecule has 0 atom stereocenters. The number of sulfone groups is 1. The molecule has 0 unspecified atom stereocenters. The third-order valence-corrected chi connectivity index (χ3v) is 6.28. The minimum atomic E-state index is -3.53. The fourth-order valence-electron chi connectivity index (χ4n) is 2.88. The van der Waals surface area contributed by atoms with Crippen LogP contribution in [0.3, 0.4) is 0 Å². The van der Waals surface area contributed by atoms with E-state index in [0.717, 1.165) is 6.26 Å². The molecule has 130 valence electrons. The molecular formula is C15H19ClN4O3S. The van der Waals surface area contributed by atoms with Gasteiger partial charge in [0.15, 0.2) is 14.6 Å². The van der Waals surface area contributed by atoms with Gasteiger partial charge in [0.1, 0.15) is 0 Å². The van der Waals surface area contributed by atoms with Gasteiger partial charge in [0.2, 0.25) is 5.91 Å². The number of hydrogen-bond donors (Lipinski definition) is 2. The molecule has 0 aliphatic carbocycles. The molecule has 2 heterocycles. The lowest BCUT2D eigenvalue weighted by atomic mass is 9.95. The first kappa shape index (κ1) is 18.6. The molecule has 0 radical (unpaired) electrons. The molecule has 1 amide bonds. The van der Waals surface area contributed by atoms with Crippen LogP contribution in [0.1, 0.15) is 12.8 Å². The van der Waals surface area contributed by atoms with Gasteiger partial charge in [-0.2, -0.15) is 0 Å². The molecule has 1 saturated heterocycles. The van der Waals surface area contributed by atoms with Crippen LogP contribution in [-0.4, -0.2) is 48.4 Å². The normalized spacial score (nSPS) is 17.0. The molecule has 1 fully saturated rings. The molecule has 7 nitrogen and oxygen atoms in total. The number of piperidine rings is 1. The number of fused-ring (bicyclic) bond motifs is 1. The number of carbonyl (C=O) groups excluding carboxylic acids is 1. The maximum Gasteiger partial charge on any atom is 0.245 e. The lowest BCUT2D eigenvalue weighted by Gasteiger charge is -2.34. The lowest BCUT2D eigenvalue weighted by molar-refractivity contribution is -0.119. The smallest absolute Gasteiger partial charge is 0.245 e. The summed E-state index contributed by atoms with van der Waals surface area (Å²) in [6.45, 7) is 1.01. The summed E-state index contributed by atoms with van der Waals surface area (Å²) in [5.74, 6) is -0.482. The van der Waals surface area contributed by atoms with Crippen molar-refractivity contribution in [3.8, 4) is 0 Å². The van der Waals surface area contributed by atoms with Gasteiger partial charge in [0.25, 0.3) is 0 Å². The summed E-state index contributed by atoms with van der Waals surface area (Å²) in [6.07, 6.45) is 4.83. The fraction of sp³-hybridized carbons (Fsp3) is 0.400. The highest BCUT2D eigenvalue weighted by Crippen LogP contribution is 2.29. The van der Waals surface area contributed by atoms with E-state index in [4.69, 9.17) is 0 Å². The molecule has 3 rings (SSSR count). The van der Waals surface area contributed by atoms with Crippen LogP contribution in [-0.2, 0) is 14.6 Å². The Morgan fingerprint density at radius 2 is 1.79 bits per heavy atom. The fourth-order valence-corrected chi connectivity index (χ4v) is 4.22. The average molecular weight is 371 g/mol. The highest BCUT2D eigenvalue weighted by molar-refractivity contribution is 7.92. The summed E-state index contributed by atoms with van der Waals surface area (Å²) in [5.41, 5.74) is 1.87. The van der Waals surface area contributed by atoms with Crippen molar-refractivity contribution < 1.29 is 13.2 Å². The zero-order valence-corrected chi connectivity index (χ0v) is 14.8. The molecule has 1 aromatic carbocycles. The number of halogens is 1. The van der Waals surface area contributed by atoms with E-state index in [0.29, 0.717) is 29.8 Å². The monoisotopic (exact) mass is 370 g/mol. The highest BCUT2D eigenvalue weighted by Gasteiger charge is 2.48. The van der Waals surface area contributed by atoms with Gasteiger partial charge < -0.3 is 10.6 Å². The minimum Gasteiger partial charge on any atom is -0.325 e. The predicted octanol–water partition coefficient (Wildman–Crippen LogP) is 1.16. The average Bonchev–Trinajstić information content (AvgIpc) is 2.54. The Kier molecular flexibility index (Phi) is 5.42. The summed E-state index contributed by atoms with van der Waals surface area (Å²) >= 11 is 0. The summed E-state index contributed by atoms with van der Waals surface area (Å²) in [5, 5.41) is 5.83. The van der Waals surface area contributed by atoms with Crippen LogP contribution in [0.5, 0.6) is 0 Å². The van der Waals surface area contributed by atoms with E-state index in [1.165, 1.54) is 0 Å². The van der Waals surface area contributed by atoms with E-state index in [-0.39, 0.29) is 25.2 Å². The zero-order chi connectivity index (χ0) is 16.5. The second-order valence-electron chi connectivity index (χ2n) is 5.73. The van der Waals surface area contributed by atoms with E-state index >= 15 is 0 Å². The number of benzene rings is 1. The largest absolute Gasteiger partial charge is 0.325 e. The first-order valence-corrected chi connectivity index (χ1v) is 9.24.